The number of rotatable bonds is 2. The minimum Gasteiger partial charge on any atom is -0.277 e. The molecule has 1 aliphatic rings. The van der Waals surface area contributed by atoms with Crippen LogP contribution in [0.3, 0.4) is 0 Å². The van der Waals surface area contributed by atoms with Crippen molar-refractivity contribution in [1.29, 1.82) is 0 Å². The summed E-state index contributed by atoms with van der Waals surface area (Å²) in [6, 6.07) is -0.759. The topological polar surface area (TPSA) is 75.3 Å². The van der Waals surface area contributed by atoms with E-state index in [0.717, 1.165) is 0 Å². The third kappa shape index (κ3) is 2.95. The molecule has 6 heteroatoms. The van der Waals surface area contributed by atoms with Gasteiger partial charge >= 0.3 is 6.03 Å². The zero-order chi connectivity index (χ0) is 9.14. The molecule has 0 spiro atoms. The fourth-order valence-electron chi connectivity index (χ4n) is 0.929. The van der Waals surface area contributed by atoms with Crippen LogP contribution >= 0.6 is 0 Å². The summed E-state index contributed by atoms with van der Waals surface area (Å²) < 4.78 is 0. The number of hydrogen-bond acceptors (Lipinski definition) is 3. The number of carbonyl (C=O) groups excluding carboxylic acids is 3. The predicted octanol–water partition coefficient (Wildman–Crippen LogP) is -0.836. The van der Waals surface area contributed by atoms with Gasteiger partial charge in [0.2, 0.25) is 11.8 Å². The van der Waals surface area contributed by atoms with Crippen molar-refractivity contribution in [2.45, 2.75) is 6.42 Å². The van der Waals surface area contributed by atoms with Crippen molar-refractivity contribution in [3.8, 4) is 0 Å². The van der Waals surface area contributed by atoms with E-state index in [1.165, 1.54) is 6.08 Å². The van der Waals surface area contributed by atoms with E-state index in [1.807, 2.05) is 10.6 Å². The number of hydrogen-bond donors (Lipinski definition) is 2. The Morgan fingerprint density at radius 2 is 1.69 bits per heavy atom. The minimum absolute atomic E-state index is 0. The molecular weight excluding hydrogens is 183 g/mol. The number of nitrogens with one attached hydrogen (secondary N) is 2. The van der Waals surface area contributed by atoms with Gasteiger partial charge in [-0.3, -0.25) is 20.2 Å². The summed E-state index contributed by atoms with van der Waals surface area (Å²) in [7, 11) is 0. The number of allylic oxidation sites excluding steroid dienone is 1. The van der Waals surface area contributed by atoms with Crippen LogP contribution in [0.4, 0.5) is 4.79 Å². The fraction of sp³-hybridized carbons (Fsp3) is 0.286. The largest absolute Gasteiger partial charge is 0.328 e. The van der Waals surface area contributed by atoms with E-state index < -0.39 is 23.8 Å². The van der Waals surface area contributed by atoms with E-state index in [2.05, 4.69) is 6.58 Å². The Labute approximate surface area is 97.2 Å². The number of imide groups is 2. The number of urea groups is 1. The molecule has 1 heterocycles. The standard InChI is InChI=1S/C7H8N2O3.Na/c1-2-3-4-5(10)8-7(12)9-6(4)11;/h2,4H,1,3H2,(H2,8,9,10,11,12);. The van der Waals surface area contributed by atoms with E-state index in [-0.39, 0.29) is 36.0 Å². The van der Waals surface area contributed by atoms with Crippen molar-refractivity contribution >= 4 is 47.4 Å². The summed E-state index contributed by atoms with van der Waals surface area (Å²) in [6.07, 6.45) is 1.70. The number of amides is 4. The predicted molar refractivity (Wildman–Crippen MR) is 45.7 cm³/mol. The van der Waals surface area contributed by atoms with E-state index in [0.29, 0.717) is 0 Å². The maximum absolute atomic E-state index is 11.0. The Balaban J connectivity index is 0.00000144. The smallest absolute Gasteiger partial charge is 0.277 e. The molecule has 0 unspecified atom stereocenters. The molecule has 13 heavy (non-hydrogen) atoms. The molecule has 0 bridgehead atoms. The van der Waals surface area contributed by atoms with Crippen LogP contribution in [-0.2, 0) is 9.59 Å². The first-order chi connectivity index (χ1) is 5.65. The molecule has 0 aliphatic carbocycles. The van der Waals surface area contributed by atoms with Crippen molar-refractivity contribution in [3.63, 3.8) is 0 Å². The van der Waals surface area contributed by atoms with Crippen molar-refractivity contribution in [3.05, 3.63) is 12.7 Å². The molecule has 5 nitrogen and oxygen atoms in total. The van der Waals surface area contributed by atoms with Crippen molar-refractivity contribution < 1.29 is 14.4 Å². The molecule has 0 atom stereocenters. The van der Waals surface area contributed by atoms with Gasteiger partial charge in [0.05, 0.1) is 0 Å². The van der Waals surface area contributed by atoms with E-state index in [9.17, 15) is 14.4 Å². The molecule has 1 fully saturated rings. The molecule has 0 aromatic heterocycles. The Morgan fingerprint density at radius 3 is 2.08 bits per heavy atom. The zero-order valence-electron chi connectivity index (χ0n) is 7.29. The second-order valence-corrected chi connectivity index (χ2v) is 2.38. The van der Waals surface area contributed by atoms with Crippen LogP contribution in [0.1, 0.15) is 6.42 Å². The van der Waals surface area contributed by atoms with Crippen LogP contribution in [0.2, 0.25) is 0 Å². The Morgan fingerprint density at radius 1 is 1.23 bits per heavy atom. The average molecular weight is 191 g/mol. The monoisotopic (exact) mass is 191 g/mol. The van der Waals surface area contributed by atoms with Gasteiger partial charge in [-0.1, -0.05) is 6.08 Å². The second kappa shape index (κ2) is 5.16. The van der Waals surface area contributed by atoms with Crippen LogP contribution < -0.4 is 10.6 Å². The maximum Gasteiger partial charge on any atom is 0.328 e. The first-order valence-corrected chi connectivity index (χ1v) is 3.41. The molecule has 0 aromatic carbocycles. The summed E-state index contributed by atoms with van der Waals surface area (Å²) in [5, 5.41) is 3.97. The van der Waals surface area contributed by atoms with Gasteiger partial charge in [0.25, 0.3) is 0 Å². The molecule has 0 aromatic rings. The third-order valence-electron chi connectivity index (χ3n) is 1.51. The Bertz CT molecular complexity index is 244. The normalized spacial score (nSPS) is 17.1. The van der Waals surface area contributed by atoms with Crippen molar-refractivity contribution in [2.75, 3.05) is 0 Å². The van der Waals surface area contributed by atoms with E-state index in [1.54, 1.807) is 0 Å². The minimum atomic E-state index is -0.819. The van der Waals surface area contributed by atoms with Crippen LogP contribution in [0.15, 0.2) is 12.7 Å². The summed E-state index contributed by atoms with van der Waals surface area (Å²) in [4.78, 5) is 32.5. The quantitative estimate of drug-likeness (QED) is 0.339. The van der Waals surface area contributed by atoms with Crippen LogP contribution in [0, 0.1) is 5.92 Å². The van der Waals surface area contributed by atoms with Crippen molar-refractivity contribution in [2.24, 2.45) is 5.92 Å². The molecule has 2 N–H and O–H groups in total. The molecule has 1 rings (SSSR count). The van der Waals surface area contributed by atoms with Gasteiger partial charge in [-0.15, -0.1) is 6.58 Å². The molecule has 4 amide bonds. The molecule has 65 valence electrons. The van der Waals surface area contributed by atoms with E-state index >= 15 is 0 Å². The Hall–Kier alpha value is -0.650. The fourth-order valence-corrected chi connectivity index (χ4v) is 0.929. The maximum atomic E-state index is 11.0. The molecule has 1 aliphatic heterocycles. The first kappa shape index (κ1) is 12.3. The molecular formula is C7H8N2NaO3. The van der Waals surface area contributed by atoms with Crippen LogP contribution in [0.25, 0.3) is 0 Å². The number of carbonyl (C=O) groups is 3. The molecule has 1 saturated heterocycles. The van der Waals surface area contributed by atoms with Crippen LogP contribution in [-0.4, -0.2) is 47.4 Å². The second-order valence-electron chi connectivity index (χ2n) is 2.38. The van der Waals surface area contributed by atoms with Crippen LogP contribution in [0.5, 0.6) is 0 Å². The third-order valence-corrected chi connectivity index (χ3v) is 1.51. The van der Waals surface area contributed by atoms with E-state index in [4.69, 9.17) is 0 Å². The zero-order valence-corrected chi connectivity index (χ0v) is 9.29. The summed E-state index contributed by atoms with van der Waals surface area (Å²) >= 11 is 0. The van der Waals surface area contributed by atoms with Gasteiger partial charge in [-0.2, -0.15) is 0 Å². The summed E-state index contributed by atoms with van der Waals surface area (Å²) in [5.41, 5.74) is 0. The van der Waals surface area contributed by atoms with Gasteiger partial charge < -0.3 is 0 Å². The summed E-state index contributed by atoms with van der Waals surface area (Å²) in [5.74, 6) is -1.95. The van der Waals surface area contributed by atoms with Gasteiger partial charge in [0, 0.05) is 29.6 Å². The molecule has 1 radical (unpaired) electrons. The van der Waals surface area contributed by atoms with Gasteiger partial charge in [-0.25, -0.2) is 4.79 Å². The SMILES string of the molecule is C=CCC1C(=O)NC(=O)NC1=O.[Na]. The van der Waals surface area contributed by atoms with Gasteiger partial charge in [0.1, 0.15) is 5.92 Å². The molecule has 0 saturated carbocycles. The Kier molecular flexibility index (Phi) is 4.90. The van der Waals surface area contributed by atoms with Gasteiger partial charge in [-0.05, 0) is 6.42 Å². The van der Waals surface area contributed by atoms with Crippen molar-refractivity contribution in [1.82, 2.24) is 10.6 Å². The first-order valence-electron chi connectivity index (χ1n) is 3.41. The summed E-state index contributed by atoms with van der Waals surface area (Å²) in [6.45, 7) is 3.40. The van der Waals surface area contributed by atoms with Gasteiger partial charge in [0.15, 0.2) is 0 Å². The number of barbiturate groups is 1. The average Bonchev–Trinajstić information content (AvgIpc) is 1.96.